The summed E-state index contributed by atoms with van der Waals surface area (Å²) in [5.41, 5.74) is 27.2. The third-order valence-electron chi connectivity index (χ3n) is 12.2. The number of hydrogen-bond acceptors (Lipinski definition) is 3. The van der Waals surface area contributed by atoms with Crippen LogP contribution >= 0.6 is 0 Å². The molecule has 0 fully saturated rings. The summed E-state index contributed by atoms with van der Waals surface area (Å²) in [4.78, 5) is 0. The molecule has 4 aliphatic carbocycles. The molecule has 318 valence electrons. The van der Waals surface area contributed by atoms with Crippen LogP contribution in [0.25, 0.3) is 38.6 Å². The zero-order chi connectivity index (χ0) is 44.7. The SMILES string of the molecule is C/C=C\C=C/C=N.C=C1/C=C\C=C/C2=C(CCC=C2)C12c1cc3ccccc3cc1-c1c(C(/C=C\C=C\C(N)C3C=CC=CC3)=C/N)cccc12.Cc1ccc(-c2ccccc2)cc1. The van der Waals surface area contributed by atoms with Gasteiger partial charge in [0.2, 0.25) is 0 Å². The molecule has 0 heterocycles. The minimum atomic E-state index is -0.468. The van der Waals surface area contributed by atoms with Crippen LogP contribution in [0, 0.1) is 18.3 Å². The summed E-state index contributed by atoms with van der Waals surface area (Å²) in [6.45, 7) is 8.81. The summed E-state index contributed by atoms with van der Waals surface area (Å²) >= 11 is 0. The van der Waals surface area contributed by atoms with Crippen molar-refractivity contribution in [2.75, 3.05) is 0 Å². The molecule has 0 saturated heterocycles. The van der Waals surface area contributed by atoms with E-state index in [0.29, 0.717) is 5.92 Å². The third kappa shape index (κ3) is 9.81. The Balaban J connectivity index is 0.000000252. The maximum atomic E-state index is 6.54. The van der Waals surface area contributed by atoms with Gasteiger partial charge < -0.3 is 16.9 Å². The van der Waals surface area contributed by atoms with Crippen LogP contribution in [0.5, 0.6) is 0 Å². The maximum absolute atomic E-state index is 6.54. The molecule has 64 heavy (non-hydrogen) atoms. The molecule has 5 aromatic rings. The summed E-state index contributed by atoms with van der Waals surface area (Å²) in [5, 5.41) is 9.00. The fourth-order valence-corrected chi connectivity index (χ4v) is 9.08. The minimum absolute atomic E-state index is 0.0356. The molecule has 4 aliphatic rings. The van der Waals surface area contributed by atoms with Gasteiger partial charge >= 0.3 is 0 Å². The fraction of sp³-hybridized carbons (Fsp3) is 0.131. The van der Waals surface area contributed by atoms with Crippen LogP contribution in [0.15, 0.2) is 248 Å². The van der Waals surface area contributed by atoms with Crippen LogP contribution in [-0.4, -0.2) is 12.3 Å². The van der Waals surface area contributed by atoms with Gasteiger partial charge in [0.15, 0.2) is 0 Å². The number of nitrogens with two attached hydrogens (primary N) is 2. The lowest BCUT2D eigenvalue weighted by molar-refractivity contribution is 0.579. The summed E-state index contributed by atoms with van der Waals surface area (Å²) in [7, 11) is 0. The number of fused-ring (bicyclic) bond motifs is 7. The number of allylic oxidation sites excluding steroid dienone is 20. The Hall–Kier alpha value is -7.33. The predicted octanol–water partition coefficient (Wildman–Crippen LogP) is 14.7. The van der Waals surface area contributed by atoms with Crippen molar-refractivity contribution in [2.24, 2.45) is 17.4 Å². The van der Waals surface area contributed by atoms with Crippen molar-refractivity contribution in [3.63, 3.8) is 0 Å². The first-order chi connectivity index (χ1) is 31.4. The average molecular weight is 834 g/mol. The van der Waals surface area contributed by atoms with E-state index in [1.807, 2.05) is 37.3 Å². The van der Waals surface area contributed by atoms with Crippen LogP contribution in [0.2, 0.25) is 0 Å². The smallest absolute Gasteiger partial charge is 0.0677 e. The molecule has 3 heteroatoms. The molecule has 0 amide bonds. The van der Waals surface area contributed by atoms with E-state index in [1.54, 1.807) is 12.3 Å². The van der Waals surface area contributed by atoms with E-state index in [0.717, 1.165) is 36.0 Å². The van der Waals surface area contributed by atoms with E-state index in [9.17, 15) is 0 Å². The molecule has 5 N–H and O–H groups in total. The lowest BCUT2D eigenvalue weighted by Gasteiger charge is -2.39. The molecule has 9 rings (SSSR count). The van der Waals surface area contributed by atoms with Crippen molar-refractivity contribution in [3.05, 3.63) is 270 Å². The number of aryl methyl sites for hydroxylation is 1. The second kappa shape index (κ2) is 21.6. The highest BCUT2D eigenvalue weighted by Crippen LogP contribution is 2.60. The van der Waals surface area contributed by atoms with E-state index >= 15 is 0 Å². The van der Waals surface area contributed by atoms with E-state index < -0.39 is 5.41 Å². The Morgan fingerprint density at radius 1 is 0.750 bits per heavy atom. The first-order valence-corrected chi connectivity index (χ1v) is 22.3. The summed E-state index contributed by atoms with van der Waals surface area (Å²) in [6, 6.07) is 39.1. The second-order valence-electron chi connectivity index (χ2n) is 16.3. The van der Waals surface area contributed by atoms with Crippen molar-refractivity contribution in [2.45, 2.75) is 44.6 Å². The quantitative estimate of drug-likeness (QED) is 0.108. The Kier molecular flexibility index (Phi) is 15.1. The van der Waals surface area contributed by atoms with Gasteiger partial charge in [0, 0.05) is 18.5 Å². The average Bonchev–Trinajstić information content (AvgIpc) is 3.63. The van der Waals surface area contributed by atoms with Gasteiger partial charge in [-0.25, -0.2) is 0 Å². The molecule has 3 unspecified atom stereocenters. The van der Waals surface area contributed by atoms with E-state index in [2.05, 4.69) is 189 Å². The highest BCUT2D eigenvalue weighted by molar-refractivity contribution is 6.00. The van der Waals surface area contributed by atoms with Gasteiger partial charge in [-0.3, -0.25) is 0 Å². The number of nitrogens with one attached hydrogen (secondary N) is 1. The molecule has 3 atom stereocenters. The first-order valence-electron chi connectivity index (χ1n) is 22.3. The monoisotopic (exact) mass is 833 g/mol. The summed E-state index contributed by atoms with van der Waals surface area (Å²) in [5.74, 6) is 0.323. The van der Waals surface area contributed by atoms with Crippen LogP contribution in [0.1, 0.15) is 48.4 Å². The molecule has 0 aliphatic heterocycles. The largest absolute Gasteiger partial charge is 0.404 e. The van der Waals surface area contributed by atoms with Crippen LogP contribution in [-0.2, 0) is 5.41 Å². The Labute approximate surface area is 380 Å². The Morgan fingerprint density at radius 2 is 1.50 bits per heavy atom. The predicted molar refractivity (Wildman–Crippen MR) is 277 cm³/mol. The molecule has 1 spiro atoms. The van der Waals surface area contributed by atoms with Crippen LogP contribution in [0.4, 0.5) is 0 Å². The van der Waals surface area contributed by atoms with Crippen LogP contribution in [0.3, 0.4) is 0 Å². The molecule has 0 bridgehead atoms. The van der Waals surface area contributed by atoms with E-state index in [-0.39, 0.29) is 6.04 Å². The standard InChI is InChI=1S/C42H38N2.C13H12.C6H9N/c1-29-14-5-6-15-30-16-9-11-23-37(30)42(29)38-24-13-22-35(41(38)36-26-32-19-7-8-20-33(32)27-39(36)42)34(28-43)21-10-12-25-40(44)31-17-3-2-4-18-31;1-11-7-9-13(10-8-11)12-5-3-2-4-6-12;1-2-3-4-5-6-7/h2-10,12-17,19-22,24-28,31,40H,1,11,18,23,43-44H2;2-10H,1H3;2-7H,1H3/b14-5-,15-6-,21-10-,25-12+,34-28+;;3-2-,5-4-,7-6?. The molecule has 5 aromatic carbocycles. The molecule has 0 radical (unpaired) electrons. The highest BCUT2D eigenvalue weighted by Gasteiger charge is 2.49. The number of hydrogen-bond donors (Lipinski definition) is 3. The van der Waals surface area contributed by atoms with Gasteiger partial charge in [0.25, 0.3) is 0 Å². The summed E-state index contributed by atoms with van der Waals surface area (Å²) < 4.78 is 0. The number of benzene rings is 5. The molecule has 0 aromatic heterocycles. The van der Waals surface area contributed by atoms with Crippen molar-refractivity contribution in [1.82, 2.24) is 0 Å². The lowest BCUT2D eigenvalue weighted by Crippen LogP contribution is -2.31. The van der Waals surface area contributed by atoms with Gasteiger partial charge in [0.1, 0.15) is 0 Å². The van der Waals surface area contributed by atoms with Crippen molar-refractivity contribution >= 4 is 22.6 Å². The van der Waals surface area contributed by atoms with E-state index in [1.165, 1.54) is 67.1 Å². The zero-order valence-electron chi connectivity index (χ0n) is 37.1. The van der Waals surface area contributed by atoms with Crippen LogP contribution < -0.4 is 11.5 Å². The van der Waals surface area contributed by atoms with Crippen molar-refractivity contribution in [3.8, 4) is 22.3 Å². The minimum Gasteiger partial charge on any atom is -0.404 e. The topological polar surface area (TPSA) is 75.9 Å². The van der Waals surface area contributed by atoms with Crippen molar-refractivity contribution in [1.29, 1.82) is 5.41 Å². The Bertz CT molecular complexity index is 2810. The maximum Gasteiger partial charge on any atom is 0.0677 e. The molecule has 0 saturated carbocycles. The third-order valence-corrected chi connectivity index (χ3v) is 12.2. The molecular formula is C61H59N3. The lowest BCUT2D eigenvalue weighted by atomic mass is 9.63. The van der Waals surface area contributed by atoms with Gasteiger partial charge in [-0.15, -0.1) is 0 Å². The zero-order valence-corrected chi connectivity index (χ0v) is 37.1. The first kappa shape index (κ1) is 44.7. The fourth-order valence-electron chi connectivity index (χ4n) is 9.08. The van der Waals surface area contributed by atoms with Gasteiger partial charge in [-0.05, 0) is 129 Å². The van der Waals surface area contributed by atoms with E-state index in [4.69, 9.17) is 23.5 Å². The Morgan fingerprint density at radius 3 is 2.23 bits per heavy atom. The van der Waals surface area contributed by atoms with Gasteiger partial charge in [-0.1, -0.05) is 212 Å². The van der Waals surface area contributed by atoms with Gasteiger partial charge in [-0.2, -0.15) is 0 Å². The second-order valence-corrected chi connectivity index (χ2v) is 16.3. The normalized spacial score (nSPS) is 20.1. The van der Waals surface area contributed by atoms with Gasteiger partial charge in [0.05, 0.1) is 5.41 Å². The summed E-state index contributed by atoms with van der Waals surface area (Å²) in [6.07, 6.45) is 43.3. The molecule has 3 nitrogen and oxygen atoms in total. The number of rotatable bonds is 8. The van der Waals surface area contributed by atoms with Crippen molar-refractivity contribution < 1.29 is 0 Å². The molecular weight excluding hydrogens is 775 g/mol. The highest BCUT2D eigenvalue weighted by atomic mass is 14.6.